The van der Waals surface area contributed by atoms with Gasteiger partial charge in [0.1, 0.15) is 0 Å². The van der Waals surface area contributed by atoms with Gasteiger partial charge >= 0.3 is 0 Å². The van der Waals surface area contributed by atoms with Gasteiger partial charge in [-0.1, -0.05) is 72.8 Å². The van der Waals surface area contributed by atoms with Gasteiger partial charge in [0.2, 0.25) is 0 Å². The van der Waals surface area contributed by atoms with Gasteiger partial charge in [-0.25, -0.2) is 0 Å². The van der Waals surface area contributed by atoms with E-state index in [1.165, 1.54) is 28.0 Å². The van der Waals surface area contributed by atoms with Crippen LogP contribution in [-0.2, 0) is 0 Å². The lowest BCUT2D eigenvalue weighted by molar-refractivity contribution is 1.13. The van der Waals surface area contributed by atoms with Crippen molar-refractivity contribution in [1.29, 1.82) is 0 Å². The van der Waals surface area contributed by atoms with Crippen LogP contribution in [0.25, 0.3) is 11.6 Å². The maximum Gasteiger partial charge on any atom is 0.0361 e. The summed E-state index contributed by atoms with van der Waals surface area (Å²) in [4.78, 5) is 2.12. The van der Waals surface area contributed by atoms with Gasteiger partial charge in [-0.15, -0.1) is 0 Å². The van der Waals surface area contributed by atoms with E-state index in [1.54, 1.807) is 0 Å². The van der Waals surface area contributed by atoms with E-state index in [9.17, 15) is 0 Å². The van der Waals surface area contributed by atoms with E-state index in [4.69, 9.17) is 0 Å². The highest BCUT2D eigenvalue weighted by molar-refractivity contribution is 5.91. The molecule has 0 spiro atoms. The maximum atomic E-state index is 2.25. The molecule has 0 fully saturated rings. The quantitative estimate of drug-likeness (QED) is 0.588. The number of benzene rings is 3. The van der Waals surface area contributed by atoms with Crippen molar-refractivity contribution in [2.45, 2.75) is 0 Å². The molecule has 0 N–H and O–H groups in total. The van der Waals surface area contributed by atoms with Crippen molar-refractivity contribution >= 4 is 17.3 Å². The van der Waals surface area contributed by atoms with Crippen molar-refractivity contribution in [1.82, 2.24) is 0 Å². The second-order valence-corrected chi connectivity index (χ2v) is 5.78. The fourth-order valence-electron chi connectivity index (χ4n) is 2.61. The molecule has 114 valence electrons. The topological polar surface area (TPSA) is 3.24 Å². The van der Waals surface area contributed by atoms with Gasteiger partial charge in [-0.05, 0) is 40.5 Å². The lowest BCUT2D eigenvalue weighted by atomic mass is 9.95. The van der Waals surface area contributed by atoms with Crippen LogP contribution in [0.4, 0.5) is 5.69 Å². The summed E-state index contributed by atoms with van der Waals surface area (Å²) in [6, 6.07) is 29.7. The van der Waals surface area contributed by atoms with Crippen molar-refractivity contribution in [2.75, 3.05) is 19.0 Å². The summed E-state index contributed by atoms with van der Waals surface area (Å²) < 4.78 is 0. The zero-order valence-corrected chi connectivity index (χ0v) is 13.6. The van der Waals surface area contributed by atoms with Crippen LogP contribution in [0, 0.1) is 0 Å². The molecule has 0 aliphatic heterocycles. The van der Waals surface area contributed by atoms with E-state index in [0.717, 1.165) is 0 Å². The molecule has 0 unspecified atom stereocenters. The zero-order chi connectivity index (χ0) is 16.1. The molecule has 0 aromatic heterocycles. The lowest BCUT2D eigenvalue weighted by Crippen LogP contribution is -2.08. The summed E-state index contributed by atoms with van der Waals surface area (Å²) in [5.74, 6) is 0. The first-order chi connectivity index (χ1) is 11.2. The van der Waals surface area contributed by atoms with Gasteiger partial charge in [0, 0.05) is 19.8 Å². The SMILES string of the molecule is CN(C)c1ccc(/C(=C/c2ccccc2)c2ccccc2)cc1. The molecular formula is C22H21N. The summed E-state index contributed by atoms with van der Waals surface area (Å²) in [5.41, 5.74) is 6.12. The molecule has 0 aliphatic carbocycles. The van der Waals surface area contributed by atoms with Gasteiger partial charge < -0.3 is 4.90 Å². The van der Waals surface area contributed by atoms with E-state index in [0.29, 0.717) is 0 Å². The highest BCUT2D eigenvalue weighted by atomic mass is 15.1. The molecule has 0 radical (unpaired) electrons. The number of rotatable bonds is 4. The van der Waals surface area contributed by atoms with E-state index in [1.807, 2.05) is 6.07 Å². The molecule has 0 aliphatic rings. The van der Waals surface area contributed by atoms with Crippen LogP contribution in [0.3, 0.4) is 0 Å². The summed E-state index contributed by atoms with van der Waals surface area (Å²) in [7, 11) is 4.12. The summed E-state index contributed by atoms with van der Waals surface area (Å²) in [5, 5.41) is 0. The predicted octanol–water partition coefficient (Wildman–Crippen LogP) is 5.34. The fourth-order valence-corrected chi connectivity index (χ4v) is 2.61. The maximum absolute atomic E-state index is 2.25. The Kier molecular flexibility index (Phi) is 4.58. The molecule has 3 aromatic rings. The number of anilines is 1. The molecule has 1 heteroatoms. The van der Waals surface area contributed by atoms with Crippen molar-refractivity contribution < 1.29 is 0 Å². The van der Waals surface area contributed by atoms with Crippen molar-refractivity contribution in [3.8, 4) is 0 Å². The van der Waals surface area contributed by atoms with Gasteiger partial charge in [0.05, 0.1) is 0 Å². The third kappa shape index (κ3) is 3.70. The molecule has 0 heterocycles. The molecule has 1 nitrogen and oxygen atoms in total. The second-order valence-electron chi connectivity index (χ2n) is 5.78. The van der Waals surface area contributed by atoms with Crippen LogP contribution in [-0.4, -0.2) is 14.1 Å². The molecule has 0 atom stereocenters. The Hall–Kier alpha value is -2.80. The molecular weight excluding hydrogens is 278 g/mol. The van der Waals surface area contributed by atoms with Gasteiger partial charge in [-0.2, -0.15) is 0 Å². The predicted molar refractivity (Wildman–Crippen MR) is 101 cm³/mol. The van der Waals surface area contributed by atoms with Crippen LogP contribution in [0.1, 0.15) is 16.7 Å². The molecule has 3 aromatic carbocycles. The van der Waals surface area contributed by atoms with E-state index in [2.05, 4.69) is 104 Å². The molecule has 0 saturated carbocycles. The molecule has 0 bridgehead atoms. The van der Waals surface area contributed by atoms with E-state index < -0.39 is 0 Å². The standard InChI is InChI=1S/C22H21N/c1-23(2)21-15-13-20(14-16-21)22(19-11-7-4-8-12-19)17-18-9-5-3-6-10-18/h3-17H,1-2H3/b22-17+. The van der Waals surface area contributed by atoms with Crippen LogP contribution < -0.4 is 4.90 Å². The average molecular weight is 299 g/mol. The molecule has 23 heavy (non-hydrogen) atoms. The van der Waals surface area contributed by atoms with Crippen molar-refractivity contribution in [2.24, 2.45) is 0 Å². The number of hydrogen-bond acceptors (Lipinski definition) is 1. The Morgan fingerprint density at radius 1 is 0.652 bits per heavy atom. The monoisotopic (exact) mass is 299 g/mol. The van der Waals surface area contributed by atoms with Gasteiger partial charge in [0.25, 0.3) is 0 Å². The van der Waals surface area contributed by atoms with Gasteiger partial charge in [-0.3, -0.25) is 0 Å². The molecule has 0 amide bonds. The Bertz CT molecular complexity index is 769. The molecule has 3 rings (SSSR count). The first-order valence-corrected chi connectivity index (χ1v) is 7.84. The Labute approximate surface area is 138 Å². The van der Waals surface area contributed by atoms with Crippen LogP contribution >= 0.6 is 0 Å². The number of nitrogens with zero attached hydrogens (tertiary/aromatic N) is 1. The van der Waals surface area contributed by atoms with Crippen molar-refractivity contribution in [3.63, 3.8) is 0 Å². The normalized spacial score (nSPS) is 11.3. The van der Waals surface area contributed by atoms with Crippen LogP contribution in [0.15, 0.2) is 84.9 Å². The zero-order valence-electron chi connectivity index (χ0n) is 13.6. The average Bonchev–Trinajstić information content (AvgIpc) is 2.61. The minimum atomic E-state index is 1.21. The smallest absolute Gasteiger partial charge is 0.0361 e. The van der Waals surface area contributed by atoms with Crippen LogP contribution in [0.5, 0.6) is 0 Å². The summed E-state index contributed by atoms with van der Waals surface area (Å²) >= 11 is 0. The third-order valence-corrected chi connectivity index (χ3v) is 3.89. The summed E-state index contributed by atoms with van der Waals surface area (Å²) in [6.07, 6.45) is 2.25. The largest absolute Gasteiger partial charge is 0.378 e. The Morgan fingerprint density at radius 3 is 1.74 bits per heavy atom. The first kappa shape index (κ1) is 15.1. The van der Waals surface area contributed by atoms with E-state index in [-0.39, 0.29) is 0 Å². The Balaban J connectivity index is 2.07. The summed E-state index contributed by atoms with van der Waals surface area (Å²) in [6.45, 7) is 0. The highest BCUT2D eigenvalue weighted by Crippen LogP contribution is 2.27. The first-order valence-electron chi connectivity index (χ1n) is 7.84. The van der Waals surface area contributed by atoms with Crippen molar-refractivity contribution in [3.05, 3.63) is 102 Å². The highest BCUT2D eigenvalue weighted by Gasteiger charge is 2.06. The van der Waals surface area contributed by atoms with Crippen LogP contribution in [0.2, 0.25) is 0 Å². The Morgan fingerprint density at radius 2 is 1.17 bits per heavy atom. The molecule has 0 saturated heterocycles. The minimum Gasteiger partial charge on any atom is -0.378 e. The fraction of sp³-hybridized carbons (Fsp3) is 0.0909. The minimum absolute atomic E-state index is 1.21. The lowest BCUT2D eigenvalue weighted by Gasteiger charge is -2.14. The van der Waals surface area contributed by atoms with E-state index >= 15 is 0 Å². The number of hydrogen-bond donors (Lipinski definition) is 0. The second kappa shape index (κ2) is 6.97. The third-order valence-electron chi connectivity index (χ3n) is 3.89. The van der Waals surface area contributed by atoms with Gasteiger partial charge in [0.15, 0.2) is 0 Å².